The van der Waals surface area contributed by atoms with Gasteiger partial charge in [-0.05, 0) is 26.2 Å². The zero-order chi connectivity index (χ0) is 14.0. The predicted octanol–water partition coefficient (Wildman–Crippen LogP) is 3.75. The summed E-state index contributed by atoms with van der Waals surface area (Å²) in [7, 11) is -2.51. The van der Waals surface area contributed by atoms with Gasteiger partial charge in [-0.2, -0.15) is 0 Å². The van der Waals surface area contributed by atoms with Gasteiger partial charge >= 0.3 is 0 Å². The minimum atomic E-state index is -2.51. The number of rotatable bonds is 11. The van der Waals surface area contributed by atoms with Crippen molar-refractivity contribution in [1.82, 2.24) is 0 Å². The van der Waals surface area contributed by atoms with E-state index in [9.17, 15) is 4.57 Å². The molecule has 110 valence electrons. The second kappa shape index (κ2) is 9.96. The van der Waals surface area contributed by atoms with Crippen molar-refractivity contribution in [3.63, 3.8) is 0 Å². The van der Waals surface area contributed by atoms with Gasteiger partial charge in [0.15, 0.2) is 13.7 Å². The van der Waals surface area contributed by atoms with E-state index in [0.29, 0.717) is 38.3 Å². The SMILES string of the molecule is CCOC(CCP(C)(=O)OCCC(C)C)OCC. The average molecular weight is 280 g/mol. The Labute approximate surface area is 112 Å². The van der Waals surface area contributed by atoms with Crippen LogP contribution < -0.4 is 0 Å². The fraction of sp³-hybridized carbons (Fsp3) is 1.00. The Bertz CT molecular complexity index is 237. The molecule has 0 aliphatic rings. The summed E-state index contributed by atoms with van der Waals surface area (Å²) in [6.45, 7) is 11.6. The number of hydrogen-bond donors (Lipinski definition) is 0. The lowest BCUT2D eigenvalue weighted by molar-refractivity contribution is -0.136. The predicted molar refractivity (Wildman–Crippen MR) is 75.5 cm³/mol. The third-order valence-electron chi connectivity index (χ3n) is 2.54. The molecule has 0 spiro atoms. The van der Waals surface area contributed by atoms with Gasteiger partial charge in [0.05, 0.1) is 6.61 Å². The first-order valence-corrected chi connectivity index (χ1v) is 9.11. The smallest absolute Gasteiger partial charge is 0.200 e. The van der Waals surface area contributed by atoms with Crippen molar-refractivity contribution in [1.29, 1.82) is 0 Å². The molecule has 0 aliphatic carbocycles. The van der Waals surface area contributed by atoms with Gasteiger partial charge in [0.1, 0.15) is 0 Å². The topological polar surface area (TPSA) is 44.8 Å². The van der Waals surface area contributed by atoms with Gasteiger partial charge in [-0.3, -0.25) is 4.57 Å². The lowest BCUT2D eigenvalue weighted by atomic mass is 10.2. The van der Waals surface area contributed by atoms with Crippen LogP contribution in [0.2, 0.25) is 0 Å². The van der Waals surface area contributed by atoms with Crippen LogP contribution in [-0.4, -0.2) is 38.9 Å². The van der Waals surface area contributed by atoms with Crippen LogP contribution in [0.15, 0.2) is 0 Å². The Morgan fingerprint density at radius 3 is 2.06 bits per heavy atom. The van der Waals surface area contributed by atoms with Crippen LogP contribution in [0.3, 0.4) is 0 Å². The van der Waals surface area contributed by atoms with Crippen molar-refractivity contribution in [2.45, 2.75) is 46.8 Å². The van der Waals surface area contributed by atoms with Crippen molar-refractivity contribution in [3.05, 3.63) is 0 Å². The van der Waals surface area contributed by atoms with E-state index < -0.39 is 7.37 Å². The van der Waals surface area contributed by atoms with Crippen LogP contribution in [-0.2, 0) is 18.6 Å². The summed E-state index contributed by atoms with van der Waals surface area (Å²) in [5.41, 5.74) is 0. The van der Waals surface area contributed by atoms with Gasteiger partial charge in [0, 0.05) is 32.5 Å². The summed E-state index contributed by atoms with van der Waals surface area (Å²) >= 11 is 0. The van der Waals surface area contributed by atoms with Crippen LogP contribution in [0.25, 0.3) is 0 Å². The van der Waals surface area contributed by atoms with Crippen LogP contribution in [0.5, 0.6) is 0 Å². The van der Waals surface area contributed by atoms with Crippen molar-refractivity contribution >= 4 is 7.37 Å². The molecule has 0 aliphatic heterocycles. The molecule has 0 rings (SSSR count). The molecular weight excluding hydrogens is 251 g/mol. The maximum atomic E-state index is 12.2. The summed E-state index contributed by atoms with van der Waals surface area (Å²) in [5.74, 6) is 0.574. The quantitative estimate of drug-likeness (QED) is 0.427. The van der Waals surface area contributed by atoms with E-state index >= 15 is 0 Å². The summed E-state index contributed by atoms with van der Waals surface area (Å²) in [6, 6.07) is 0. The first-order chi connectivity index (χ1) is 8.41. The summed E-state index contributed by atoms with van der Waals surface area (Å²) in [5, 5.41) is 0. The van der Waals surface area contributed by atoms with Gasteiger partial charge in [-0.25, -0.2) is 0 Å². The molecule has 0 fully saturated rings. The van der Waals surface area contributed by atoms with E-state index in [1.54, 1.807) is 6.66 Å². The van der Waals surface area contributed by atoms with Gasteiger partial charge < -0.3 is 14.0 Å². The van der Waals surface area contributed by atoms with Crippen molar-refractivity contribution < 1.29 is 18.6 Å². The molecule has 5 heteroatoms. The molecule has 0 aromatic carbocycles. The van der Waals surface area contributed by atoms with Gasteiger partial charge in [-0.15, -0.1) is 0 Å². The molecule has 4 nitrogen and oxygen atoms in total. The van der Waals surface area contributed by atoms with Gasteiger partial charge in [0.25, 0.3) is 0 Å². The standard InChI is InChI=1S/C13H29O4P/c1-6-15-13(16-7-2)9-11-18(5,14)17-10-8-12(3)4/h12-13H,6-11H2,1-5H3. The molecule has 0 radical (unpaired) electrons. The normalized spacial score (nSPS) is 15.3. The Morgan fingerprint density at radius 1 is 1.06 bits per heavy atom. The highest BCUT2D eigenvalue weighted by Gasteiger charge is 2.19. The monoisotopic (exact) mass is 280 g/mol. The number of ether oxygens (including phenoxy) is 2. The summed E-state index contributed by atoms with van der Waals surface area (Å²) in [6.07, 6.45) is 1.81. The zero-order valence-electron chi connectivity index (χ0n) is 12.5. The van der Waals surface area contributed by atoms with Crippen molar-refractivity contribution in [2.75, 3.05) is 32.6 Å². The molecular formula is C13H29O4P. The maximum Gasteiger partial charge on any atom is 0.200 e. The summed E-state index contributed by atoms with van der Waals surface area (Å²) < 4.78 is 28.5. The third kappa shape index (κ3) is 10.1. The molecule has 0 bridgehead atoms. The second-order valence-corrected chi connectivity index (χ2v) is 7.62. The van der Waals surface area contributed by atoms with Crippen molar-refractivity contribution in [2.24, 2.45) is 5.92 Å². The zero-order valence-corrected chi connectivity index (χ0v) is 13.4. The van der Waals surface area contributed by atoms with E-state index in [-0.39, 0.29) is 6.29 Å². The molecule has 0 N–H and O–H groups in total. The van der Waals surface area contributed by atoms with E-state index in [1.165, 1.54) is 0 Å². The highest BCUT2D eigenvalue weighted by Crippen LogP contribution is 2.43. The first kappa shape index (κ1) is 18.1. The third-order valence-corrected chi connectivity index (χ3v) is 4.33. The molecule has 0 saturated carbocycles. The lowest BCUT2D eigenvalue weighted by Crippen LogP contribution is -2.19. The van der Waals surface area contributed by atoms with E-state index in [1.807, 2.05) is 13.8 Å². The number of hydrogen-bond acceptors (Lipinski definition) is 4. The van der Waals surface area contributed by atoms with Gasteiger partial charge in [0.2, 0.25) is 0 Å². The molecule has 0 heterocycles. The highest BCUT2D eigenvalue weighted by atomic mass is 31.2. The first-order valence-electron chi connectivity index (χ1n) is 6.85. The van der Waals surface area contributed by atoms with Crippen LogP contribution in [0, 0.1) is 5.92 Å². The Hall–Kier alpha value is 0.110. The lowest BCUT2D eigenvalue weighted by Gasteiger charge is -2.20. The average Bonchev–Trinajstić information content (AvgIpc) is 2.26. The van der Waals surface area contributed by atoms with E-state index in [2.05, 4.69) is 13.8 Å². The molecule has 1 atom stereocenters. The Balaban J connectivity index is 3.94. The molecule has 0 saturated heterocycles. The summed E-state index contributed by atoms with van der Waals surface area (Å²) in [4.78, 5) is 0. The highest BCUT2D eigenvalue weighted by molar-refractivity contribution is 7.58. The minimum absolute atomic E-state index is 0.262. The molecule has 0 amide bonds. The van der Waals surface area contributed by atoms with Crippen LogP contribution >= 0.6 is 7.37 Å². The second-order valence-electron chi connectivity index (χ2n) is 4.88. The minimum Gasteiger partial charge on any atom is -0.353 e. The molecule has 1 unspecified atom stereocenters. The van der Waals surface area contributed by atoms with Gasteiger partial charge in [-0.1, -0.05) is 13.8 Å². The largest absolute Gasteiger partial charge is 0.353 e. The molecule has 0 aromatic heterocycles. The molecule has 18 heavy (non-hydrogen) atoms. The Kier molecular flexibility index (Phi) is 10.0. The van der Waals surface area contributed by atoms with Crippen LogP contribution in [0.1, 0.15) is 40.5 Å². The Morgan fingerprint density at radius 2 is 1.61 bits per heavy atom. The fourth-order valence-corrected chi connectivity index (χ4v) is 2.77. The maximum absolute atomic E-state index is 12.2. The molecule has 0 aromatic rings. The fourth-order valence-electron chi connectivity index (χ4n) is 1.47. The van der Waals surface area contributed by atoms with Crippen LogP contribution in [0.4, 0.5) is 0 Å². The van der Waals surface area contributed by atoms with E-state index in [0.717, 1.165) is 6.42 Å². The van der Waals surface area contributed by atoms with Crippen molar-refractivity contribution in [3.8, 4) is 0 Å². The van der Waals surface area contributed by atoms with E-state index in [4.69, 9.17) is 14.0 Å².